The molecule has 0 amide bonds. The second-order valence-electron chi connectivity index (χ2n) is 5.37. The topological polar surface area (TPSA) is 31.7 Å². The SMILES string of the molecule is CNCc1occc1CN(C)CC1CCCN1C. The molecule has 1 atom stereocenters. The maximum atomic E-state index is 5.50. The Labute approximate surface area is 110 Å². The Kier molecular flexibility index (Phi) is 4.80. The molecular formula is C14H25N3O. The third-order valence-corrected chi connectivity index (χ3v) is 3.81. The Morgan fingerprint density at radius 3 is 3.06 bits per heavy atom. The Morgan fingerprint density at radius 1 is 1.56 bits per heavy atom. The van der Waals surface area contributed by atoms with Crippen molar-refractivity contribution in [3.05, 3.63) is 23.7 Å². The quantitative estimate of drug-likeness (QED) is 0.831. The highest BCUT2D eigenvalue weighted by Gasteiger charge is 2.22. The molecule has 2 rings (SSSR count). The lowest BCUT2D eigenvalue weighted by Gasteiger charge is -2.25. The van der Waals surface area contributed by atoms with Crippen LogP contribution in [0, 0.1) is 0 Å². The average Bonchev–Trinajstić information content (AvgIpc) is 2.91. The Balaban J connectivity index is 1.86. The second kappa shape index (κ2) is 6.36. The molecule has 2 heterocycles. The van der Waals surface area contributed by atoms with Crippen molar-refractivity contribution in [2.75, 3.05) is 34.2 Å². The molecule has 1 fully saturated rings. The van der Waals surface area contributed by atoms with E-state index in [-0.39, 0.29) is 0 Å². The highest BCUT2D eigenvalue weighted by Crippen LogP contribution is 2.17. The number of likely N-dealkylation sites (N-methyl/N-ethyl adjacent to an activating group) is 2. The summed E-state index contributed by atoms with van der Waals surface area (Å²) >= 11 is 0. The van der Waals surface area contributed by atoms with Crippen LogP contribution < -0.4 is 5.32 Å². The molecule has 0 saturated carbocycles. The van der Waals surface area contributed by atoms with Gasteiger partial charge >= 0.3 is 0 Å². The van der Waals surface area contributed by atoms with Crippen molar-refractivity contribution in [1.82, 2.24) is 15.1 Å². The van der Waals surface area contributed by atoms with E-state index in [1.807, 2.05) is 7.05 Å². The van der Waals surface area contributed by atoms with Crippen molar-refractivity contribution in [2.24, 2.45) is 0 Å². The summed E-state index contributed by atoms with van der Waals surface area (Å²) in [7, 11) is 6.38. The van der Waals surface area contributed by atoms with Crippen molar-refractivity contribution in [1.29, 1.82) is 0 Å². The minimum atomic E-state index is 0.717. The van der Waals surface area contributed by atoms with E-state index in [9.17, 15) is 0 Å². The fourth-order valence-electron chi connectivity index (χ4n) is 2.75. The lowest BCUT2D eigenvalue weighted by molar-refractivity contribution is 0.214. The van der Waals surface area contributed by atoms with Gasteiger partial charge in [0.05, 0.1) is 12.8 Å². The molecule has 4 heteroatoms. The summed E-state index contributed by atoms with van der Waals surface area (Å²) in [4.78, 5) is 4.87. The number of likely N-dealkylation sites (tertiary alicyclic amines) is 1. The third kappa shape index (κ3) is 3.34. The first-order valence-electron chi connectivity index (χ1n) is 6.79. The molecule has 0 bridgehead atoms. The number of hydrogen-bond donors (Lipinski definition) is 1. The van der Waals surface area contributed by atoms with Crippen LogP contribution in [0.5, 0.6) is 0 Å². The van der Waals surface area contributed by atoms with Gasteiger partial charge < -0.3 is 19.5 Å². The molecule has 1 unspecified atom stereocenters. The van der Waals surface area contributed by atoms with Gasteiger partial charge in [0.15, 0.2) is 0 Å². The largest absolute Gasteiger partial charge is 0.468 e. The Morgan fingerprint density at radius 2 is 2.39 bits per heavy atom. The van der Waals surface area contributed by atoms with Gasteiger partial charge in [-0.2, -0.15) is 0 Å². The minimum absolute atomic E-state index is 0.717. The van der Waals surface area contributed by atoms with Gasteiger partial charge in [0.1, 0.15) is 5.76 Å². The zero-order chi connectivity index (χ0) is 13.0. The highest BCUT2D eigenvalue weighted by molar-refractivity contribution is 5.16. The maximum Gasteiger partial charge on any atom is 0.122 e. The zero-order valence-electron chi connectivity index (χ0n) is 11.8. The molecule has 18 heavy (non-hydrogen) atoms. The first-order valence-corrected chi connectivity index (χ1v) is 6.79. The van der Waals surface area contributed by atoms with E-state index >= 15 is 0 Å². The van der Waals surface area contributed by atoms with Crippen LogP contribution in [0.3, 0.4) is 0 Å². The Hall–Kier alpha value is -0.840. The van der Waals surface area contributed by atoms with Crippen molar-refractivity contribution in [3.63, 3.8) is 0 Å². The molecule has 1 aliphatic rings. The fraction of sp³-hybridized carbons (Fsp3) is 0.714. The van der Waals surface area contributed by atoms with Crippen LogP contribution in [-0.4, -0.2) is 50.1 Å². The number of furan rings is 1. The van der Waals surface area contributed by atoms with Gasteiger partial charge in [-0.1, -0.05) is 0 Å². The molecule has 102 valence electrons. The number of nitrogens with zero attached hydrogens (tertiary/aromatic N) is 2. The van der Waals surface area contributed by atoms with Crippen LogP contribution in [0.15, 0.2) is 16.7 Å². The van der Waals surface area contributed by atoms with Gasteiger partial charge in [-0.15, -0.1) is 0 Å². The fourth-order valence-corrected chi connectivity index (χ4v) is 2.75. The van der Waals surface area contributed by atoms with Crippen LogP contribution in [-0.2, 0) is 13.1 Å². The predicted molar refractivity (Wildman–Crippen MR) is 73.5 cm³/mol. The summed E-state index contributed by atoms with van der Waals surface area (Å²) in [5.74, 6) is 1.06. The van der Waals surface area contributed by atoms with Gasteiger partial charge in [-0.05, 0) is 46.6 Å². The Bertz CT molecular complexity index is 364. The maximum absolute atomic E-state index is 5.50. The van der Waals surface area contributed by atoms with Crippen LogP contribution in [0.4, 0.5) is 0 Å². The average molecular weight is 251 g/mol. The first kappa shape index (κ1) is 13.6. The number of hydrogen-bond acceptors (Lipinski definition) is 4. The van der Waals surface area contributed by atoms with Crippen molar-refractivity contribution in [2.45, 2.75) is 32.0 Å². The summed E-state index contributed by atoms with van der Waals surface area (Å²) in [6, 6.07) is 2.80. The molecule has 4 nitrogen and oxygen atoms in total. The normalized spacial score (nSPS) is 21.0. The van der Waals surface area contributed by atoms with E-state index in [4.69, 9.17) is 4.42 Å². The molecule has 0 spiro atoms. The van der Waals surface area contributed by atoms with Crippen LogP contribution in [0.1, 0.15) is 24.2 Å². The summed E-state index contributed by atoms with van der Waals surface area (Å²) < 4.78 is 5.50. The van der Waals surface area contributed by atoms with Crippen molar-refractivity contribution < 1.29 is 4.42 Å². The lowest BCUT2D eigenvalue weighted by Crippen LogP contribution is -2.36. The molecule has 1 saturated heterocycles. The van der Waals surface area contributed by atoms with Gasteiger partial charge in [0.25, 0.3) is 0 Å². The standard InChI is InChI=1S/C14H25N3O/c1-15-9-14-12(6-8-18-14)10-16(2)11-13-5-4-7-17(13)3/h6,8,13,15H,4-5,7,9-11H2,1-3H3. The second-order valence-corrected chi connectivity index (χ2v) is 5.37. The lowest BCUT2D eigenvalue weighted by atomic mass is 10.2. The van der Waals surface area contributed by atoms with Crippen LogP contribution >= 0.6 is 0 Å². The van der Waals surface area contributed by atoms with Crippen molar-refractivity contribution >= 4 is 0 Å². The monoisotopic (exact) mass is 251 g/mol. The molecule has 1 aromatic heterocycles. The van der Waals surface area contributed by atoms with Gasteiger partial charge in [-0.25, -0.2) is 0 Å². The molecule has 0 radical (unpaired) electrons. The summed E-state index contributed by atoms with van der Waals surface area (Å²) in [5.41, 5.74) is 1.30. The predicted octanol–water partition coefficient (Wildman–Crippen LogP) is 1.52. The third-order valence-electron chi connectivity index (χ3n) is 3.81. The molecule has 0 aliphatic carbocycles. The van der Waals surface area contributed by atoms with Crippen LogP contribution in [0.25, 0.3) is 0 Å². The van der Waals surface area contributed by atoms with E-state index in [1.54, 1.807) is 6.26 Å². The van der Waals surface area contributed by atoms with E-state index in [1.165, 1.54) is 24.9 Å². The molecule has 1 aromatic rings. The van der Waals surface area contributed by atoms with Gasteiger partial charge in [0, 0.05) is 24.7 Å². The van der Waals surface area contributed by atoms with Crippen molar-refractivity contribution in [3.8, 4) is 0 Å². The summed E-state index contributed by atoms with van der Waals surface area (Å²) in [6.07, 6.45) is 4.46. The zero-order valence-corrected chi connectivity index (χ0v) is 11.8. The summed E-state index contributed by atoms with van der Waals surface area (Å²) in [5, 5.41) is 3.14. The molecule has 0 aromatic carbocycles. The van der Waals surface area contributed by atoms with E-state index in [2.05, 4.69) is 35.3 Å². The number of nitrogens with one attached hydrogen (secondary N) is 1. The highest BCUT2D eigenvalue weighted by atomic mass is 16.3. The smallest absolute Gasteiger partial charge is 0.122 e. The van der Waals surface area contributed by atoms with Crippen LogP contribution in [0.2, 0.25) is 0 Å². The molecule has 1 aliphatic heterocycles. The molecule has 1 N–H and O–H groups in total. The van der Waals surface area contributed by atoms with E-state index in [0.29, 0.717) is 0 Å². The van der Waals surface area contributed by atoms with Gasteiger partial charge in [-0.3, -0.25) is 0 Å². The van der Waals surface area contributed by atoms with Gasteiger partial charge in [0.2, 0.25) is 0 Å². The van der Waals surface area contributed by atoms with E-state index < -0.39 is 0 Å². The van der Waals surface area contributed by atoms with E-state index in [0.717, 1.165) is 31.4 Å². The first-order chi connectivity index (χ1) is 8.70. The number of rotatable bonds is 6. The summed E-state index contributed by atoms with van der Waals surface area (Å²) in [6.45, 7) is 4.16. The molecular weight excluding hydrogens is 226 g/mol. The minimum Gasteiger partial charge on any atom is -0.468 e.